The van der Waals surface area contributed by atoms with Gasteiger partial charge in [-0.25, -0.2) is 0 Å². The van der Waals surface area contributed by atoms with Crippen LogP contribution in [-0.2, 0) is 0 Å². The van der Waals surface area contributed by atoms with E-state index in [1.807, 2.05) is 0 Å². The highest BCUT2D eigenvalue weighted by atomic mass is 15.2. The summed E-state index contributed by atoms with van der Waals surface area (Å²) in [5.41, 5.74) is 3.02. The number of allylic oxidation sites excluding steroid dienone is 3. The summed E-state index contributed by atoms with van der Waals surface area (Å²) in [4.78, 5) is 2.51. The van der Waals surface area contributed by atoms with Crippen molar-refractivity contribution in [1.29, 1.82) is 0 Å². The van der Waals surface area contributed by atoms with Gasteiger partial charge in [-0.1, -0.05) is 25.2 Å². The first-order valence-corrected chi connectivity index (χ1v) is 8.30. The highest BCUT2D eigenvalue weighted by Gasteiger charge is 2.46. The van der Waals surface area contributed by atoms with Gasteiger partial charge < -0.3 is 4.90 Å². The molecule has 0 spiro atoms. The minimum Gasteiger partial charge on any atom is -0.370 e. The van der Waals surface area contributed by atoms with Crippen molar-refractivity contribution in [2.75, 3.05) is 6.54 Å². The topological polar surface area (TPSA) is 3.24 Å². The van der Waals surface area contributed by atoms with Gasteiger partial charge in [0.2, 0.25) is 0 Å². The molecule has 1 fully saturated rings. The van der Waals surface area contributed by atoms with Crippen LogP contribution in [0.15, 0.2) is 23.9 Å². The molecule has 114 valence electrons. The zero-order valence-corrected chi connectivity index (χ0v) is 14.4. The van der Waals surface area contributed by atoms with Crippen molar-refractivity contribution in [3.63, 3.8) is 0 Å². The Bertz CT molecular complexity index is 398. The van der Waals surface area contributed by atoms with Gasteiger partial charge in [-0.3, -0.25) is 0 Å². The lowest BCUT2D eigenvalue weighted by Gasteiger charge is -2.38. The Morgan fingerprint density at radius 2 is 2.00 bits per heavy atom. The van der Waals surface area contributed by atoms with Crippen molar-refractivity contribution in [3.8, 4) is 0 Å². The smallest absolute Gasteiger partial charge is 0.0314 e. The van der Waals surface area contributed by atoms with Gasteiger partial charge in [-0.15, -0.1) is 0 Å². The maximum Gasteiger partial charge on any atom is 0.0314 e. The molecule has 1 saturated carbocycles. The first kappa shape index (κ1) is 15.7. The third kappa shape index (κ3) is 3.48. The van der Waals surface area contributed by atoms with Crippen LogP contribution in [0.3, 0.4) is 0 Å². The largest absolute Gasteiger partial charge is 0.370 e. The lowest BCUT2D eigenvalue weighted by Crippen LogP contribution is -2.41. The van der Waals surface area contributed by atoms with Gasteiger partial charge >= 0.3 is 0 Å². The van der Waals surface area contributed by atoms with E-state index in [1.54, 1.807) is 5.57 Å². The fourth-order valence-corrected chi connectivity index (χ4v) is 4.16. The summed E-state index contributed by atoms with van der Waals surface area (Å²) < 4.78 is 0. The molecule has 0 bridgehead atoms. The molecule has 20 heavy (non-hydrogen) atoms. The van der Waals surface area contributed by atoms with Crippen LogP contribution < -0.4 is 0 Å². The van der Waals surface area contributed by atoms with Crippen LogP contribution in [0.1, 0.15) is 60.8 Å². The van der Waals surface area contributed by atoms with Crippen LogP contribution in [0.25, 0.3) is 0 Å². The van der Waals surface area contributed by atoms with Crippen LogP contribution in [0.4, 0.5) is 0 Å². The van der Waals surface area contributed by atoms with Crippen molar-refractivity contribution in [1.82, 2.24) is 4.90 Å². The van der Waals surface area contributed by atoms with E-state index in [0.29, 0.717) is 0 Å². The average Bonchev–Trinajstić information content (AvgIpc) is 3.03. The Morgan fingerprint density at radius 1 is 1.35 bits per heavy atom. The molecule has 0 heterocycles. The predicted molar refractivity (Wildman–Crippen MR) is 88.5 cm³/mol. The molecule has 2 aliphatic carbocycles. The number of hydrogen-bond donors (Lipinski definition) is 0. The molecule has 0 radical (unpaired) electrons. The summed E-state index contributed by atoms with van der Waals surface area (Å²) in [5, 5.41) is 0. The lowest BCUT2D eigenvalue weighted by atomic mass is 9.78. The second-order valence-electron chi connectivity index (χ2n) is 8.25. The highest BCUT2D eigenvalue weighted by molar-refractivity contribution is 5.10. The van der Waals surface area contributed by atoms with Crippen molar-refractivity contribution < 1.29 is 0 Å². The summed E-state index contributed by atoms with van der Waals surface area (Å²) in [6.07, 6.45) is 6.68. The summed E-state index contributed by atoms with van der Waals surface area (Å²) in [7, 11) is 0. The van der Waals surface area contributed by atoms with Crippen LogP contribution >= 0.6 is 0 Å². The summed E-state index contributed by atoms with van der Waals surface area (Å²) in [6, 6.07) is 0. The normalized spacial score (nSPS) is 33.6. The number of nitrogens with zero attached hydrogens (tertiary/aromatic N) is 1. The first-order chi connectivity index (χ1) is 9.20. The molecule has 4 unspecified atom stereocenters. The maximum atomic E-state index is 4.18. The molecule has 1 heteroatoms. The number of rotatable bonds is 4. The average molecular weight is 275 g/mol. The number of hydrogen-bond acceptors (Lipinski definition) is 1. The zero-order chi connectivity index (χ0) is 15.1. The summed E-state index contributed by atoms with van der Waals surface area (Å²) in [5.74, 6) is 3.56. The van der Waals surface area contributed by atoms with E-state index in [1.165, 1.54) is 31.5 Å². The minimum atomic E-state index is 0.202. The molecule has 0 N–H and O–H groups in total. The fourth-order valence-electron chi connectivity index (χ4n) is 4.16. The molecule has 2 rings (SSSR count). The van der Waals surface area contributed by atoms with Gasteiger partial charge in [-0.05, 0) is 77.6 Å². The molecule has 0 aliphatic heterocycles. The zero-order valence-electron chi connectivity index (χ0n) is 14.4. The van der Waals surface area contributed by atoms with E-state index in [-0.39, 0.29) is 5.54 Å². The lowest BCUT2D eigenvalue weighted by molar-refractivity contribution is 0.170. The molecule has 0 saturated heterocycles. The van der Waals surface area contributed by atoms with Gasteiger partial charge in [0.15, 0.2) is 0 Å². The Labute approximate surface area is 126 Å². The van der Waals surface area contributed by atoms with Gasteiger partial charge in [0.1, 0.15) is 0 Å². The Balaban J connectivity index is 1.93. The molecule has 2 aliphatic rings. The van der Waals surface area contributed by atoms with Crippen molar-refractivity contribution in [3.05, 3.63) is 23.9 Å². The Morgan fingerprint density at radius 3 is 2.50 bits per heavy atom. The van der Waals surface area contributed by atoms with Gasteiger partial charge in [0.05, 0.1) is 0 Å². The highest BCUT2D eigenvalue weighted by Crippen LogP contribution is 2.51. The van der Waals surface area contributed by atoms with Crippen molar-refractivity contribution in [2.45, 2.75) is 66.3 Å². The maximum absolute atomic E-state index is 4.18. The van der Waals surface area contributed by atoms with Crippen LogP contribution in [0, 0.1) is 23.7 Å². The first-order valence-electron chi connectivity index (χ1n) is 8.30. The van der Waals surface area contributed by atoms with Crippen molar-refractivity contribution in [2.24, 2.45) is 23.7 Å². The SMILES string of the molecule is C=C(C)N(CC1CC1C1CCC(C)=CC1C)C(C)(C)C. The third-order valence-corrected chi connectivity index (χ3v) is 5.31. The van der Waals surface area contributed by atoms with E-state index in [4.69, 9.17) is 0 Å². The molecule has 0 aromatic carbocycles. The van der Waals surface area contributed by atoms with Crippen LogP contribution in [0.2, 0.25) is 0 Å². The van der Waals surface area contributed by atoms with Gasteiger partial charge in [0, 0.05) is 17.8 Å². The fraction of sp³-hybridized carbons (Fsp3) is 0.789. The molecule has 1 nitrogen and oxygen atoms in total. The van der Waals surface area contributed by atoms with E-state index in [0.717, 1.165) is 23.7 Å². The van der Waals surface area contributed by atoms with Crippen molar-refractivity contribution >= 4 is 0 Å². The molecular weight excluding hydrogens is 242 g/mol. The van der Waals surface area contributed by atoms with E-state index < -0.39 is 0 Å². The van der Waals surface area contributed by atoms with Crippen LogP contribution in [0.5, 0.6) is 0 Å². The monoisotopic (exact) mass is 275 g/mol. The van der Waals surface area contributed by atoms with Gasteiger partial charge in [-0.2, -0.15) is 0 Å². The molecule has 0 amide bonds. The van der Waals surface area contributed by atoms with E-state index >= 15 is 0 Å². The second-order valence-corrected chi connectivity index (χ2v) is 8.25. The Kier molecular flexibility index (Phi) is 4.37. The molecule has 0 aromatic heterocycles. The summed E-state index contributed by atoms with van der Waals surface area (Å²) in [6.45, 7) is 19.1. The third-order valence-electron chi connectivity index (χ3n) is 5.31. The standard InChI is InChI=1S/C19H33N/c1-13(2)20(19(5,6)7)12-16-11-18(16)17-9-8-14(3)10-15(17)4/h10,15-18H,1,8-9,11-12H2,2-7H3. The van der Waals surface area contributed by atoms with Gasteiger partial charge in [0.25, 0.3) is 0 Å². The summed E-state index contributed by atoms with van der Waals surface area (Å²) >= 11 is 0. The van der Waals surface area contributed by atoms with Crippen LogP contribution in [-0.4, -0.2) is 17.0 Å². The van der Waals surface area contributed by atoms with E-state index in [2.05, 4.69) is 59.1 Å². The minimum absolute atomic E-state index is 0.202. The van der Waals surface area contributed by atoms with E-state index in [9.17, 15) is 0 Å². The molecule has 4 atom stereocenters. The second kappa shape index (κ2) is 5.58. The predicted octanol–water partition coefficient (Wildman–Crippen LogP) is 5.25. The molecule has 0 aromatic rings. The molecular formula is C19H33N. The quantitative estimate of drug-likeness (QED) is 0.633. The Hall–Kier alpha value is -0.720.